The van der Waals surface area contributed by atoms with Gasteiger partial charge in [-0.2, -0.15) is 0 Å². The average Bonchev–Trinajstić information content (AvgIpc) is 2.86. The molecular weight excluding hydrogens is 226 g/mol. The molecule has 96 valence electrons. The lowest BCUT2D eigenvalue weighted by molar-refractivity contribution is 0.354. The minimum Gasteiger partial charge on any atom is -0.311 e. The molecule has 17 heavy (non-hydrogen) atoms. The number of hydrogen-bond acceptors (Lipinski definition) is 2. The monoisotopic (exact) mass is 251 g/mol. The van der Waals surface area contributed by atoms with Crippen LogP contribution in [0.15, 0.2) is 17.5 Å². The van der Waals surface area contributed by atoms with E-state index in [2.05, 4.69) is 43.6 Å². The molecule has 0 bridgehead atoms. The van der Waals surface area contributed by atoms with Crippen LogP contribution in [0.25, 0.3) is 0 Å². The van der Waals surface area contributed by atoms with Gasteiger partial charge in [0, 0.05) is 22.9 Å². The van der Waals surface area contributed by atoms with Gasteiger partial charge in [-0.25, -0.2) is 0 Å². The highest BCUT2D eigenvalue weighted by Crippen LogP contribution is 2.38. The topological polar surface area (TPSA) is 12.0 Å². The molecule has 0 radical (unpaired) electrons. The Bertz CT molecular complexity index is 317. The Morgan fingerprint density at radius 1 is 1.35 bits per heavy atom. The molecule has 1 aliphatic rings. The number of hydrogen-bond donors (Lipinski definition) is 1. The van der Waals surface area contributed by atoms with E-state index in [9.17, 15) is 0 Å². The molecule has 1 aromatic rings. The fourth-order valence-electron chi connectivity index (χ4n) is 2.78. The second kappa shape index (κ2) is 5.53. The van der Waals surface area contributed by atoms with Crippen molar-refractivity contribution in [3.8, 4) is 0 Å². The summed E-state index contributed by atoms with van der Waals surface area (Å²) in [7, 11) is 0. The summed E-state index contributed by atoms with van der Waals surface area (Å²) < 4.78 is 0. The van der Waals surface area contributed by atoms with Crippen molar-refractivity contribution in [3.05, 3.63) is 22.4 Å². The fourth-order valence-corrected chi connectivity index (χ4v) is 3.70. The molecule has 0 saturated heterocycles. The zero-order valence-corrected chi connectivity index (χ0v) is 12.1. The van der Waals surface area contributed by atoms with Crippen LogP contribution in [0.2, 0.25) is 0 Å². The zero-order chi connectivity index (χ0) is 12.3. The van der Waals surface area contributed by atoms with E-state index in [1.807, 2.05) is 11.3 Å². The van der Waals surface area contributed by atoms with E-state index < -0.39 is 0 Å². The van der Waals surface area contributed by atoms with Crippen LogP contribution < -0.4 is 5.32 Å². The lowest BCUT2D eigenvalue weighted by atomic mass is 9.88. The highest BCUT2D eigenvalue weighted by Gasteiger charge is 2.27. The average molecular weight is 251 g/mol. The summed E-state index contributed by atoms with van der Waals surface area (Å²) in [6, 6.07) is 4.51. The minimum atomic E-state index is 0.230. The van der Waals surface area contributed by atoms with Crippen LogP contribution in [0, 0.1) is 5.92 Å². The van der Waals surface area contributed by atoms with E-state index in [0.29, 0.717) is 0 Å². The molecule has 0 spiro atoms. The van der Waals surface area contributed by atoms with Crippen molar-refractivity contribution in [3.63, 3.8) is 0 Å². The summed E-state index contributed by atoms with van der Waals surface area (Å²) in [4.78, 5) is 1.58. The molecule has 1 fully saturated rings. The maximum atomic E-state index is 3.69. The first-order valence-electron chi connectivity index (χ1n) is 6.85. The summed E-state index contributed by atoms with van der Waals surface area (Å²) in [5.41, 5.74) is 0.230. The van der Waals surface area contributed by atoms with Crippen molar-refractivity contribution in [1.29, 1.82) is 0 Å². The van der Waals surface area contributed by atoms with Crippen LogP contribution in [0.3, 0.4) is 0 Å². The van der Waals surface area contributed by atoms with Gasteiger partial charge < -0.3 is 5.32 Å². The predicted octanol–water partition coefficient (Wildman–Crippen LogP) is 4.41. The third kappa shape index (κ3) is 3.82. The Kier molecular flexibility index (Phi) is 4.26. The van der Waals surface area contributed by atoms with E-state index in [1.54, 1.807) is 4.88 Å². The van der Waals surface area contributed by atoms with Gasteiger partial charge in [-0.1, -0.05) is 18.9 Å². The molecule has 1 N–H and O–H groups in total. The van der Waals surface area contributed by atoms with Gasteiger partial charge in [0.1, 0.15) is 0 Å². The molecule has 0 amide bonds. The third-order valence-corrected chi connectivity index (χ3v) is 4.73. The summed E-state index contributed by atoms with van der Waals surface area (Å²) in [6.45, 7) is 7.90. The number of thiophene rings is 1. The first-order valence-corrected chi connectivity index (χ1v) is 7.73. The van der Waals surface area contributed by atoms with Gasteiger partial charge in [-0.3, -0.25) is 0 Å². The maximum absolute atomic E-state index is 3.69. The molecule has 2 rings (SSSR count). The molecular formula is C15H25NS. The SMILES string of the molecule is CC(C)(C)NCC(c1cccs1)C1CCCC1. The first-order chi connectivity index (χ1) is 8.06. The summed E-state index contributed by atoms with van der Waals surface area (Å²) in [6.07, 6.45) is 5.72. The molecule has 0 aliphatic heterocycles. The van der Waals surface area contributed by atoms with Crippen LogP contribution >= 0.6 is 11.3 Å². The lowest BCUT2D eigenvalue weighted by Gasteiger charge is -2.28. The molecule has 1 aromatic heterocycles. The van der Waals surface area contributed by atoms with Gasteiger partial charge in [-0.15, -0.1) is 11.3 Å². The van der Waals surface area contributed by atoms with Crippen LogP contribution in [-0.2, 0) is 0 Å². The van der Waals surface area contributed by atoms with E-state index in [0.717, 1.165) is 18.4 Å². The maximum Gasteiger partial charge on any atom is 0.00967 e. The Morgan fingerprint density at radius 3 is 2.59 bits per heavy atom. The van der Waals surface area contributed by atoms with Crippen LogP contribution in [0.1, 0.15) is 57.2 Å². The van der Waals surface area contributed by atoms with Crippen molar-refractivity contribution in [1.82, 2.24) is 5.32 Å². The molecule has 1 heterocycles. The standard InChI is InChI=1S/C15H25NS/c1-15(2,3)16-11-13(12-7-4-5-8-12)14-9-6-10-17-14/h6,9-10,12-13,16H,4-5,7-8,11H2,1-3H3. The zero-order valence-electron chi connectivity index (χ0n) is 11.3. The Balaban J connectivity index is 2.02. The Morgan fingerprint density at radius 2 is 2.06 bits per heavy atom. The predicted molar refractivity (Wildman–Crippen MR) is 76.8 cm³/mol. The van der Waals surface area contributed by atoms with Crippen molar-refractivity contribution < 1.29 is 0 Å². The second-order valence-electron chi connectivity index (χ2n) is 6.30. The molecule has 1 atom stereocenters. The summed E-state index contributed by atoms with van der Waals surface area (Å²) >= 11 is 1.93. The van der Waals surface area contributed by atoms with Gasteiger partial charge >= 0.3 is 0 Å². The lowest BCUT2D eigenvalue weighted by Crippen LogP contribution is -2.39. The van der Waals surface area contributed by atoms with Gasteiger partial charge in [-0.05, 0) is 51.0 Å². The molecule has 1 aliphatic carbocycles. The summed E-state index contributed by atoms with van der Waals surface area (Å²) in [5.74, 6) is 1.64. The third-order valence-electron chi connectivity index (χ3n) is 3.73. The van der Waals surface area contributed by atoms with Gasteiger partial charge in [0.25, 0.3) is 0 Å². The molecule has 0 aromatic carbocycles. The van der Waals surface area contributed by atoms with Crippen LogP contribution in [0.4, 0.5) is 0 Å². The first kappa shape index (κ1) is 13.1. The molecule has 1 nitrogen and oxygen atoms in total. The fraction of sp³-hybridized carbons (Fsp3) is 0.733. The van der Waals surface area contributed by atoms with Crippen molar-refractivity contribution in [2.45, 2.75) is 57.9 Å². The van der Waals surface area contributed by atoms with E-state index >= 15 is 0 Å². The molecule has 1 unspecified atom stereocenters. The normalized spacial score (nSPS) is 19.7. The summed E-state index contributed by atoms with van der Waals surface area (Å²) in [5, 5.41) is 5.91. The molecule has 2 heteroatoms. The van der Waals surface area contributed by atoms with Crippen LogP contribution in [0.5, 0.6) is 0 Å². The highest BCUT2D eigenvalue weighted by molar-refractivity contribution is 7.10. The van der Waals surface area contributed by atoms with Gasteiger partial charge in [0.05, 0.1) is 0 Å². The number of rotatable bonds is 4. The smallest absolute Gasteiger partial charge is 0.00967 e. The van der Waals surface area contributed by atoms with E-state index in [4.69, 9.17) is 0 Å². The quantitative estimate of drug-likeness (QED) is 0.836. The number of nitrogens with one attached hydrogen (secondary N) is 1. The largest absolute Gasteiger partial charge is 0.311 e. The molecule has 1 saturated carbocycles. The van der Waals surface area contributed by atoms with Gasteiger partial charge in [0.2, 0.25) is 0 Å². The Hall–Kier alpha value is -0.340. The van der Waals surface area contributed by atoms with E-state index in [-0.39, 0.29) is 5.54 Å². The minimum absolute atomic E-state index is 0.230. The Labute approximate surface area is 110 Å². The van der Waals surface area contributed by atoms with E-state index in [1.165, 1.54) is 25.7 Å². The highest BCUT2D eigenvalue weighted by atomic mass is 32.1. The van der Waals surface area contributed by atoms with Crippen molar-refractivity contribution >= 4 is 11.3 Å². The second-order valence-corrected chi connectivity index (χ2v) is 7.28. The van der Waals surface area contributed by atoms with Crippen molar-refractivity contribution in [2.24, 2.45) is 5.92 Å². The van der Waals surface area contributed by atoms with Crippen molar-refractivity contribution in [2.75, 3.05) is 6.54 Å². The van der Waals surface area contributed by atoms with Gasteiger partial charge in [0.15, 0.2) is 0 Å². The van der Waals surface area contributed by atoms with Crippen LogP contribution in [-0.4, -0.2) is 12.1 Å².